The first-order valence-corrected chi connectivity index (χ1v) is 6.25. The number of anilines is 1. The monoisotopic (exact) mass is 288 g/mol. The molecule has 1 N–H and O–H groups in total. The Hall–Kier alpha value is -2.81. The minimum Gasteiger partial charge on any atom is -0.452 e. The van der Waals surface area contributed by atoms with Crippen molar-refractivity contribution in [3.63, 3.8) is 0 Å². The smallest absolute Gasteiger partial charge is 0.331 e. The van der Waals surface area contributed by atoms with Crippen LogP contribution in [0.1, 0.15) is 23.8 Å². The maximum atomic E-state index is 11.6. The molecule has 1 heterocycles. The summed E-state index contributed by atoms with van der Waals surface area (Å²) in [5.74, 6) is -0.588. The molecule has 21 heavy (non-hydrogen) atoms. The van der Waals surface area contributed by atoms with Gasteiger partial charge in [-0.15, -0.1) is 0 Å². The molecule has 1 rings (SSSR count). The highest BCUT2D eigenvalue weighted by Gasteiger charge is 2.16. The van der Waals surface area contributed by atoms with Gasteiger partial charge in [0.1, 0.15) is 17.4 Å². The van der Waals surface area contributed by atoms with Crippen molar-refractivity contribution in [1.82, 2.24) is 0 Å². The standard InChI is InChI=1S/C15H16N2O4/c1-4-5-6-7-14(19)20-9-13(18)17-15-12(8-16)10(2)11(3)21-15/h4-7H,9H2,1-3H3,(H,17,18)/b5-4+,7-6+. The van der Waals surface area contributed by atoms with Gasteiger partial charge in [-0.1, -0.05) is 18.2 Å². The number of carbonyl (C=O) groups excluding carboxylic acids is 2. The third-order valence-corrected chi connectivity index (χ3v) is 2.63. The molecule has 1 amide bonds. The van der Waals surface area contributed by atoms with E-state index in [1.165, 1.54) is 12.2 Å². The number of amides is 1. The van der Waals surface area contributed by atoms with Crippen LogP contribution in [0.15, 0.2) is 28.7 Å². The molecule has 0 aromatic carbocycles. The van der Waals surface area contributed by atoms with Crippen molar-refractivity contribution in [3.8, 4) is 6.07 Å². The molecule has 0 saturated carbocycles. The normalized spacial score (nSPS) is 10.8. The maximum Gasteiger partial charge on any atom is 0.331 e. The summed E-state index contributed by atoms with van der Waals surface area (Å²) in [7, 11) is 0. The highest BCUT2D eigenvalue weighted by Crippen LogP contribution is 2.25. The van der Waals surface area contributed by atoms with E-state index < -0.39 is 18.5 Å². The van der Waals surface area contributed by atoms with E-state index in [2.05, 4.69) is 5.32 Å². The molecule has 0 aliphatic carbocycles. The molecule has 0 unspecified atom stereocenters. The number of aryl methyl sites for hydroxylation is 1. The van der Waals surface area contributed by atoms with E-state index >= 15 is 0 Å². The SMILES string of the molecule is C/C=C/C=C/C(=O)OCC(=O)Nc1oc(C)c(C)c1C#N. The van der Waals surface area contributed by atoms with E-state index in [-0.39, 0.29) is 11.4 Å². The molecule has 1 aromatic rings. The van der Waals surface area contributed by atoms with E-state index in [0.29, 0.717) is 11.3 Å². The third kappa shape index (κ3) is 4.66. The minimum absolute atomic E-state index is 0.0676. The van der Waals surface area contributed by atoms with Gasteiger partial charge in [-0.2, -0.15) is 5.26 Å². The second-order valence-electron chi connectivity index (χ2n) is 4.14. The molecule has 0 saturated heterocycles. The molecule has 0 fully saturated rings. The number of hydrogen-bond donors (Lipinski definition) is 1. The van der Waals surface area contributed by atoms with Crippen molar-refractivity contribution >= 4 is 17.8 Å². The van der Waals surface area contributed by atoms with Crippen molar-refractivity contribution < 1.29 is 18.7 Å². The lowest BCUT2D eigenvalue weighted by molar-refractivity contribution is -0.142. The fraction of sp³-hybridized carbons (Fsp3) is 0.267. The van der Waals surface area contributed by atoms with Crippen LogP contribution in [0.5, 0.6) is 0 Å². The Bertz CT molecular complexity index is 633. The predicted octanol–water partition coefficient (Wildman–Crippen LogP) is 2.38. The Labute approximate surface area is 122 Å². The Morgan fingerprint density at radius 1 is 1.38 bits per heavy atom. The summed E-state index contributed by atoms with van der Waals surface area (Å²) in [6, 6.07) is 1.95. The highest BCUT2D eigenvalue weighted by atomic mass is 16.5. The van der Waals surface area contributed by atoms with E-state index in [9.17, 15) is 9.59 Å². The van der Waals surface area contributed by atoms with Gasteiger partial charge >= 0.3 is 5.97 Å². The molecular formula is C15H16N2O4. The summed E-state index contributed by atoms with van der Waals surface area (Å²) in [5, 5.41) is 11.4. The van der Waals surface area contributed by atoms with Crippen molar-refractivity contribution in [2.75, 3.05) is 11.9 Å². The van der Waals surface area contributed by atoms with Crippen LogP contribution in [-0.4, -0.2) is 18.5 Å². The van der Waals surface area contributed by atoms with Crippen LogP contribution < -0.4 is 5.32 Å². The minimum atomic E-state index is -0.629. The fourth-order valence-corrected chi connectivity index (χ4v) is 1.44. The number of furan rings is 1. The van der Waals surface area contributed by atoms with Crippen LogP contribution in [0.4, 0.5) is 5.88 Å². The molecule has 0 bridgehead atoms. The second-order valence-corrected chi connectivity index (χ2v) is 4.14. The number of allylic oxidation sites excluding steroid dienone is 3. The molecular weight excluding hydrogens is 272 g/mol. The number of nitriles is 1. The second kappa shape index (κ2) is 7.70. The molecule has 6 nitrogen and oxygen atoms in total. The molecule has 0 spiro atoms. The average molecular weight is 288 g/mol. The van der Waals surface area contributed by atoms with Crippen LogP contribution in [0.3, 0.4) is 0 Å². The van der Waals surface area contributed by atoms with Gasteiger partial charge in [0.25, 0.3) is 5.91 Å². The van der Waals surface area contributed by atoms with Gasteiger partial charge in [0.2, 0.25) is 5.88 Å². The maximum absolute atomic E-state index is 11.6. The van der Waals surface area contributed by atoms with Gasteiger partial charge < -0.3 is 9.15 Å². The first kappa shape index (κ1) is 16.2. The topological polar surface area (TPSA) is 92.3 Å². The van der Waals surface area contributed by atoms with E-state index in [1.54, 1.807) is 26.0 Å². The predicted molar refractivity (Wildman–Crippen MR) is 76.4 cm³/mol. The number of nitrogens with zero attached hydrogens (tertiary/aromatic N) is 1. The number of nitrogens with one attached hydrogen (secondary N) is 1. The first-order valence-electron chi connectivity index (χ1n) is 6.25. The summed E-state index contributed by atoms with van der Waals surface area (Å²) < 4.78 is 10.0. The quantitative estimate of drug-likeness (QED) is 0.510. The van der Waals surface area contributed by atoms with Gasteiger partial charge in [-0.05, 0) is 20.8 Å². The Morgan fingerprint density at radius 3 is 2.71 bits per heavy atom. The van der Waals surface area contributed by atoms with Gasteiger partial charge in [0.05, 0.1) is 0 Å². The first-order chi connectivity index (χ1) is 9.99. The van der Waals surface area contributed by atoms with Crippen LogP contribution >= 0.6 is 0 Å². The number of rotatable bonds is 5. The summed E-state index contributed by atoms with van der Waals surface area (Å²) in [5.41, 5.74) is 0.930. The van der Waals surface area contributed by atoms with Gasteiger partial charge in [-0.3, -0.25) is 10.1 Å². The third-order valence-electron chi connectivity index (χ3n) is 2.63. The molecule has 0 aliphatic rings. The van der Waals surface area contributed by atoms with E-state index in [1.807, 2.05) is 13.0 Å². The zero-order chi connectivity index (χ0) is 15.8. The number of ether oxygens (including phenoxy) is 1. The van der Waals surface area contributed by atoms with Crippen molar-refractivity contribution in [1.29, 1.82) is 5.26 Å². The summed E-state index contributed by atoms with van der Waals surface area (Å²) >= 11 is 0. The molecule has 0 aliphatic heterocycles. The zero-order valence-electron chi connectivity index (χ0n) is 12.1. The van der Waals surface area contributed by atoms with Gasteiger partial charge in [-0.25, -0.2) is 4.79 Å². The highest BCUT2D eigenvalue weighted by molar-refractivity contribution is 5.93. The molecule has 0 radical (unpaired) electrons. The van der Waals surface area contributed by atoms with Crippen LogP contribution in [0, 0.1) is 25.2 Å². The lowest BCUT2D eigenvalue weighted by Gasteiger charge is -2.02. The summed E-state index contributed by atoms with van der Waals surface area (Å²) in [6.07, 6.45) is 6.12. The number of esters is 1. The largest absolute Gasteiger partial charge is 0.452 e. The van der Waals surface area contributed by atoms with Crippen molar-refractivity contribution in [3.05, 3.63) is 41.2 Å². The number of carbonyl (C=O) groups is 2. The average Bonchev–Trinajstić information content (AvgIpc) is 2.71. The fourth-order valence-electron chi connectivity index (χ4n) is 1.44. The van der Waals surface area contributed by atoms with Crippen LogP contribution in [0.2, 0.25) is 0 Å². The Kier molecular flexibility index (Phi) is 5.96. The van der Waals surface area contributed by atoms with Crippen LogP contribution in [-0.2, 0) is 14.3 Å². The lowest BCUT2D eigenvalue weighted by atomic mass is 10.2. The van der Waals surface area contributed by atoms with E-state index in [0.717, 1.165) is 0 Å². The molecule has 1 aromatic heterocycles. The van der Waals surface area contributed by atoms with Crippen molar-refractivity contribution in [2.45, 2.75) is 20.8 Å². The Morgan fingerprint density at radius 2 is 2.10 bits per heavy atom. The summed E-state index contributed by atoms with van der Waals surface area (Å²) in [6.45, 7) is 4.77. The lowest BCUT2D eigenvalue weighted by Crippen LogP contribution is -2.20. The summed E-state index contributed by atoms with van der Waals surface area (Å²) in [4.78, 5) is 22.9. The van der Waals surface area contributed by atoms with Gasteiger partial charge in [0.15, 0.2) is 6.61 Å². The zero-order valence-corrected chi connectivity index (χ0v) is 12.1. The van der Waals surface area contributed by atoms with E-state index in [4.69, 9.17) is 14.4 Å². The van der Waals surface area contributed by atoms with Gasteiger partial charge in [0, 0.05) is 11.6 Å². The number of hydrogen-bond acceptors (Lipinski definition) is 5. The molecule has 110 valence electrons. The van der Waals surface area contributed by atoms with Crippen molar-refractivity contribution in [2.24, 2.45) is 0 Å². The molecule has 6 heteroatoms. The Balaban J connectivity index is 2.57. The molecule has 0 atom stereocenters. The van der Waals surface area contributed by atoms with Crippen LogP contribution in [0.25, 0.3) is 0 Å².